The van der Waals surface area contributed by atoms with Crippen molar-refractivity contribution >= 4 is 0 Å². The van der Waals surface area contributed by atoms with Crippen molar-refractivity contribution in [3.63, 3.8) is 0 Å². The molecule has 5 heteroatoms. The molecule has 3 rings (SSSR count). The summed E-state index contributed by atoms with van der Waals surface area (Å²) in [5.41, 5.74) is 0.846. The first kappa shape index (κ1) is 21.4. The van der Waals surface area contributed by atoms with Gasteiger partial charge in [0.05, 0.1) is 0 Å². The maximum atomic E-state index is 13.4. The van der Waals surface area contributed by atoms with Crippen LogP contribution in [0.4, 0.5) is 13.2 Å². The molecule has 1 aliphatic carbocycles. The van der Waals surface area contributed by atoms with E-state index in [1.807, 2.05) is 25.2 Å². The fraction of sp³-hybridized carbons (Fsp3) is 0.652. The number of allylic oxidation sites excluding steroid dienone is 4. The van der Waals surface area contributed by atoms with Crippen LogP contribution in [0.3, 0.4) is 0 Å². The van der Waals surface area contributed by atoms with Crippen molar-refractivity contribution < 1.29 is 13.2 Å². The highest BCUT2D eigenvalue weighted by molar-refractivity contribution is 5.29. The minimum absolute atomic E-state index is 0.0930. The third kappa shape index (κ3) is 4.98. The van der Waals surface area contributed by atoms with Crippen molar-refractivity contribution in [1.29, 1.82) is 0 Å². The molecule has 0 saturated carbocycles. The van der Waals surface area contributed by atoms with E-state index in [0.717, 1.165) is 19.5 Å². The second-order valence-electron chi connectivity index (χ2n) is 8.29. The van der Waals surface area contributed by atoms with Gasteiger partial charge in [-0.3, -0.25) is 4.90 Å². The van der Waals surface area contributed by atoms with Crippen molar-refractivity contribution in [2.24, 2.45) is 5.92 Å². The fourth-order valence-corrected chi connectivity index (χ4v) is 5.04. The van der Waals surface area contributed by atoms with E-state index in [9.17, 15) is 13.2 Å². The molecule has 0 bridgehead atoms. The maximum Gasteiger partial charge on any atom is 0.412 e. The molecule has 0 radical (unpaired) electrons. The van der Waals surface area contributed by atoms with Gasteiger partial charge in [0.1, 0.15) is 0 Å². The van der Waals surface area contributed by atoms with E-state index in [2.05, 4.69) is 22.9 Å². The normalized spacial score (nSPS) is 34.6. The first-order valence-corrected chi connectivity index (χ1v) is 10.7. The zero-order chi connectivity index (χ0) is 20.1. The quantitative estimate of drug-likeness (QED) is 0.632. The van der Waals surface area contributed by atoms with E-state index in [4.69, 9.17) is 0 Å². The van der Waals surface area contributed by atoms with Crippen LogP contribution in [-0.4, -0.2) is 42.3 Å². The van der Waals surface area contributed by atoms with E-state index in [0.29, 0.717) is 6.42 Å². The molecule has 2 saturated heterocycles. The molecule has 2 heterocycles. The first-order chi connectivity index (χ1) is 13.4. The van der Waals surface area contributed by atoms with Crippen molar-refractivity contribution in [2.45, 2.75) is 76.2 Å². The molecule has 2 fully saturated rings. The largest absolute Gasteiger partial charge is 0.412 e. The summed E-state index contributed by atoms with van der Waals surface area (Å²) in [4.78, 5) is 2.56. The summed E-state index contributed by atoms with van der Waals surface area (Å²) >= 11 is 0. The zero-order valence-corrected chi connectivity index (χ0v) is 16.8. The standard InChI is InChI=1S/C23H33F3N2/c1-3-5-10-17-15-22(28-13-8-6-7-9-14-28)19-12-11-18(23(24,25)26)16-21(19)27-20(17)4-2/h3-5,10,16,19-22,27H,2,6-9,11-15H2,1H3. The monoisotopic (exact) mass is 394 g/mol. The summed E-state index contributed by atoms with van der Waals surface area (Å²) < 4.78 is 40.1. The van der Waals surface area contributed by atoms with Crippen LogP contribution in [0.5, 0.6) is 0 Å². The van der Waals surface area contributed by atoms with Gasteiger partial charge in [0, 0.05) is 23.7 Å². The van der Waals surface area contributed by atoms with Crippen LogP contribution < -0.4 is 5.32 Å². The highest BCUT2D eigenvalue weighted by atomic mass is 19.4. The summed E-state index contributed by atoms with van der Waals surface area (Å²) in [6, 6.07) is -0.0780. The lowest BCUT2D eigenvalue weighted by Gasteiger charge is -2.40. The molecule has 2 nitrogen and oxygen atoms in total. The summed E-state index contributed by atoms with van der Waals surface area (Å²) in [5.74, 6) is 0.197. The van der Waals surface area contributed by atoms with E-state index in [-0.39, 0.29) is 36.0 Å². The number of rotatable bonds is 3. The van der Waals surface area contributed by atoms with Gasteiger partial charge in [-0.2, -0.15) is 13.2 Å². The van der Waals surface area contributed by atoms with Gasteiger partial charge in [-0.05, 0) is 63.6 Å². The summed E-state index contributed by atoms with van der Waals surface area (Å²) in [6.07, 6.45) is 11.7. The molecule has 4 unspecified atom stereocenters. The molecule has 1 N–H and O–H groups in total. The van der Waals surface area contributed by atoms with E-state index < -0.39 is 6.18 Å². The second kappa shape index (κ2) is 9.45. The van der Waals surface area contributed by atoms with Crippen molar-refractivity contribution in [2.75, 3.05) is 13.1 Å². The van der Waals surface area contributed by atoms with Gasteiger partial charge in [0.2, 0.25) is 0 Å². The Morgan fingerprint density at radius 2 is 1.89 bits per heavy atom. The Labute approximate surface area is 167 Å². The molecule has 0 amide bonds. The number of nitrogens with zero attached hydrogens (tertiary/aromatic N) is 1. The van der Waals surface area contributed by atoms with Crippen LogP contribution in [0.15, 0.2) is 48.1 Å². The van der Waals surface area contributed by atoms with Gasteiger partial charge in [-0.25, -0.2) is 0 Å². The first-order valence-electron chi connectivity index (χ1n) is 10.7. The van der Waals surface area contributed by atoms with Gasteiger partial charge in [-0.1, -0.05) is 43.2 Å². The average molecular weight is 395 g/mol. The lowest BCUT2D eigenvalue weighted by Crippen LogP contribution is -2.49. The molecule has 28 heavy (non-hydrogen) atoms. The van der Waals surface area contributed by atoms with E-state index in [1.165, 1.54) is 37.3 Å². The van der Waals surface area contributed by atoms with Gasteiger partial charge in [-0.15, -0.1) is 6.58 Å². The Morgan fingerprint density at radius 3 is 2.50 bits per heavy atom. The van der Waals surface area contributed by atoms with Crippen molar-refractivity contribution in [3.8, 4) is 0 Å². The molecule has 156 valence electrons. The number of hydrogen-bond acceptors (Lipinski definition) is 2. The summed E-state index contributed by atoms with van der Waals surface area (Å²) in [5, 5.41) is 3.49. The van der Waals surface area contributed by atoms with Gasteiger partial charge >= 0.3 is 6.18 Å². The lowest BCUT2D eigenvalue weighted by atomic mass is 9.79. The Balaban J connectivity index is 1.96. The number of likely N-dealkylation sites (tertiary alicyclic amines) is 1. The second-order valence-corrected chi connectivity index (χ2v) is 8.29. The van der Waals surface area contributed by atoms with E-state index in [1.54, 1.807) is 0 Å². The Bertz CT molecular complexity index is 624. The highest BCUT2D eigenvalue weighted by Gasteiger charge is 2.43. The number of nitrogens with one attached hydrogen (secondary N) is 1. The number of alkyl halides is 3. The molecule has 0 aromatic carbocycles. The molecular formula is C23H33F3N2. The van der Waals surface area contributed by atoms with Crippen molar-refractivity contribution in [3.05, 3.63) is 48.1 Å². The molecule has 0 aromatic rings. The molecule has 2 aliphatic heterocycles. The average Bonchev–Trinajstić information content (AvgIpc) is 3.02. The number of hydrogen-bond donors (Lipinski definition) is 1. The van der Waals surface area contributed by atoms with Crippen molar-refractivity contribution in [1.82, 2.24) is 10.2 Å². The number of fused-ring (bicyclic) bond motifs is 1. The fourth-order valence-electron chi connectivity index (χ4n) is 5.04. The molecule has 4 atom stereocenters. The zero-order valence-electron chi connectivity index (χ0n) is 16.8. The predicted molar refractivity (Wildman–Crippen MR) is 109 cm³/mol. The third-order valence-electron chi connectivity index (χ3n) is 6.51. The minimum atomic E-state index is -4.23. The molecule has 3 aliphatic rings. The van der Waals surface area contributed by atoms with Crippen LogP contribution in [0.25, 0.3) is 0 Å². The topological polar surface area (TPSA) is 15.3 Å². The lowest BCUT2D eigenvalue weighted by molar-refractivity contribution is -0.0965. The van der Waals surface area contributed by atoms with Crippen LogP contribution >= 0.6 is 0 Å². The smallest absolute Gasteiger partial charge is 0.300 e. The highest BCUT2D eigenvalue weighted by Crippen LogP contribution is 2.41. The van der Waals surface area contributed by atoms with Crippen LogP contribution in [0, 0.1) is 5.92 Å². The minimum Gasteiger partial charge on any atom is -0.300 e. The SMILES string of the molecule is C=CC1NC2C=C(C(F)(F)F)CCC2C(N2CCCCCC2)CC1=CC=CC. The summed E-state index contributed by atoms with van der Waals surface area (Å²) in [7, 11) is 0. The van der Waals surface area contributed by atoms with Crippen LogP contribution in [-0.2, 0) is 0 Å². The molecule has 0 aromatic heterocycles. The van der Waals surface area contributed by atoms with Crippen LogP contribution in [0.1, 0.15) is 51.9 Å². The molecule has 0 spiro atoms. The number of halogens is 3. The van der Waals surface area contributed by atoms with Gasteiger partial charge in [0.15, 0.2) is 0 Å². The predicted octanol–water partition coefficient (Wildman–Crippen LogP) is 5.55. The van der Waals surface area contributed by atoms with E-state index >= 15 is 0 Å². The van der Waals surface area contributed by atoms with Gasteiger partial charge in [0.25, 0.3) is 0 Å². The Hall–Kier alpha value is -1.33. The maximum absolute atomic E-state index is 13.4. The van der Waals surface area contributed by atoms with Crippen LogP contribution in [0.2, 0.25) is 0 Å². The summed E-state index contributed by atoms with van der Waals surface area (Å²) in [6.45, 7) is 8.05. The molecular weight excluding hydrogens is 361 g/mol. The third-order valence-corrected chi connectivity index (χ3v) is 6.51. The Kier molecular flexibility index (Phi) is 7.21. The van der Waals surface area contributed by atoms with Gasteiger partial charge < -0.3 is 5.32 Å². The Morgan fingerprint density at radius 1 is 1.18 bits per heavy atom.